The van der Waals surface area contributed by atoms with Gasteiger partial charge in [0.25, 0.3) is 5.91 Å². The molecule has 170 valence electrons. The molecule has 7 heteroatoms. The Labute approximate surface area is 194 Å². The summed E-state index contributed by atoms with van der Waals surface area (Å²) in [6, 6.07) is 18.9. The Morgan fingerprint density at radius 1 is 1.06 bits per heavy atom. The first-order valence-corrected chi connectivity index (χ1v) is 11.1. The highest BCUT2D eigenvalue weighted by atomic mass is 16.2. The molecule has 1 fully saturated rings. The normalized spacial score (nSPS) is 16.4. The van der Waals surface area contributed by atoms with E-state index in [1.54, 1.807) is 17.2 Å². The number of hydrogen-bond acceptors (Lipinski definition) is 5. The molecule has 1 saturated heterocycles. The van der Waals surface area contributed by atoms with Gasteiger partial charge in [0, 0.05) is 56.4 Å². The highest BCUT2D eigenvalue weighted by Gasteiger charge is 2.34. The largest absolute Gasteiger partial charge is 0.381 e. The third kappa shape index (κ3) is 5.56. The maximum absolute atomic E-state index is 13.4. The van der Waals surface area contributed by atoms with Crippen molar-refractivity contribution in [2.45, 2.75) is 26.1 Å². The molecule has 33 heavy (non-hydrogen) atoms. The highest BCUT2D eigenvalue weighted by molar-refractivity contribution is 5.98. The van der Waals surface area contributed by atoms with Gasteiger partial charge < -0.3 is 16.0 Å². The number of nitrogens with two attached hydrogens (primary N) is 1. The maximum atomic E-state index is 13.4. The molecule has 4 rings (SSSR count). The van der Waals surface area contributed by atoms with Gasteiger partial charge in [0.1, 0.15) is 6.04 Å². The predicted molar refractivity (Wildman–Crippen MR) is 128 cm³/mol. The molecule has 3 aromatic rings. The Morgan fingerprint density at radius 2 is 1.85 bits per heavy atom. The van der Waals surface area contributed by atoms with Crippen molar-refractivity contribution >= 4 is 17.5 Å². The van der Waals surface area contributed by atoms with Gasteiger partial charge in [-0.3, -0.25) is 19.5 Å². The first kappa shape index (κ1) is 22.5. The van der Waals surface area contributed by atoms with Crippen molar-refractivity contribution in [1.29, 1.82) is 0 Å². The summed E-state index contributed by atoms with van der Waals surface area (Å²) in [5, 5.41) is 3.39. The van der Waals surface area contributed by atoms with E-state index in [2.05, 4.69) is 27.3 Å². The van der Waals surface area contributed by atoms with E-state index >= 15 is 0 Å². The average molecular weight is 444 g/mol. The number of hydrogen-bond donors (Lipinski definition) is 2. The summed E-state index contributed by atoms with van der Waals surface area (Å²) < 4.78 is 0. The van der Waals surface area contributed by atoms with Crippen LogP contribution in [0.4, 0.5) is 5.69 Å². The SMILES string of the molecule is Cc1ccc(C(=O)N2CCN(Cc3ccccc3)CC2C(N)=O)cc1NCc1cccnc1. The zero-order chi connectivity index (χ0) is 23.2. The maximum Gasteiger partial charge on any atom is 0.254 e. The smallest absolute Gasteiger partial charge is 0.254 e. The number of amides is 2. The van der Waals surface area contributed by atoms with E-state index in [9.17, 15) is 9.59 Å². The second-order valence-corrected chi connectivity index (χ2v) is 8.38. The van der Waals surface area contributed by atoms with E-state index in [0.717, 1.165) is 23.4 Å². The average Bonchev–Trinajstić information content (AvgIpc) is 2.84. The quantitative estimate of drug-likeness (QED) is 0.586. The van der Waals surface area contributed by atoms with Gasteiger partial charge >= 0.3 is 0 Å². The van der Waals surface area contributed by atoms with Crippen molar-refractivity contribution in [2.24, 2.45) is 5.73 Å². The monoisotopic (exact) mass is 443 g/mol. The van der Waals surface area contributed by atoms with Crippen molar-refractivity contribution in [3.8, 4) is 0 Å². The van der Waals surface area contributed by atoms with Gasteiger partial charge in [0.05, 0.1) is 0 Å². The summed E-state index contributed by atoms with van der Waals surface area (Å²) in [4.78, 5) is 33.6. The number of nitrogens with zero attached hydrogens (tertiary/aromatic N) is 3. The molecule has 3 N–H and O–H groups in total. The number of rotatable bonds is 7. The summed E-state index contributed by atoms with van der Waals surface area (Å²) in [7, 11) is 0. The third-order valence-electron chi connectivity index (χ3n) is 5.99. The second kappa shape index (κ2) is 10.3. The number of aryl methyl sites for hydroxylation is 1. The van der Waals surface area contributed by atoms with Crippen LogP contribution in [0.2, 0.25) is 0 Å². The molecule has 2 heterocycles. The lowest BCUT2D eigenvalue weighted by Gasteiger charge is -2.40. The first-order chi connectivity index (χ1) is 16.0. The van der Waals surface area contributed by atoms with E-state index in [-0.39, 0.29) is 5.91 Å². The Kier molecular flexibility index (Phi) is 7.00. The number of carbonyl (C=O) groups excluding carboxylic acids is 2. The third-order valence-corrected chi connectivity index (χ3v) is 5.99. The molecular formula is C26H29N5O2. The van der Waals surface area contributed by atoms with Gasteiger partial charge in [-0.05, 0) is 41.8 Å². The van der Waals surface area contributed by atoms with Crippen molar-refractivity contribution < 1.29 is 9.59 Å². The molecule has 1 aliphatic heterocycles. The molecule has 7 nitrogen and oxygen atoms in total. The summed E-state index contributed by atoms with van der Waals surface area (Å²) >= 11 is 0. The molecule has 0 radical (unpaired) electrons. The van der Waals surface area contributed by atoms with Gasteiger partial charge in [-0.1, -0.05) is 42.5 Å². The minimum absolute atomic E-state index is 0.178. The van der Waals surface area contributed by atoms with Gasteiger partial charge in [-0.25, -0.2) is 0 Å². The standard InChI is InChI=1S/C26H29N5O2/c1-19-9-10-22(14-23(19)29-16-21-8-5-11-28-15-21)26(33)31-13-12-30(18-24(31)25(27)32)17-20-6-3-2-4-7-20/h2-11,14-15,24,29H,12-13,16-18H2,1H3,(H2,27,32). The molecule has 2 amide bonds. The minimum Gasteiger partial charge on any atom is -0.381 e. The topological polar surface area (TPSA) is 91.6 Å². The van der Waals surface area contributed by atoms with Crippen LogP contribution in [0, 0.1) is 6.92 Å². The van der Waals surface area contributed by atoms with Crippen LogP contribution >= 0.6 is 0 Å². The number of piperazine rings is 1. The lowest BCUT2D eigenvalue weighted by Crippen LogP contribution is -2.59. The Balaban J connectivity index is 1.46. The fourth-order valence-electron chi connectivity index (χ4n) is 4.12. The first-order valence-electron chi connectivity index (χ1n) is 11.1. The fourth-order valence-corrected chi connectivity index (χ4v) is 4.12. The van der Waals surface area contributed by atoms with E-state index in [1.165, 1.54) is 5.56 Å². The van der Waals surface area contributed by atoms with Crippen LogP contribution in [0.3, 0.4) is 0 Å². The number of aromatic nitrogens is 1. The number of anilines is 1. The summed E-state index contributed by atoms with van der Waals surface area (Å²) in [5.41, 5.74) is 10.4. The highest BCUT2D eigenvalue weighted by Crippen LogP contribution is 2.22. The number of primary amides is 1. The molecule has 0 saturated carbocycles. The van der Waals surface area contributed by atoms with Crippen LogP contribution in [0.5, 0.6) is 0 Å². The minimum atomic E-state index is -0.664. The lowest BCUT2D eigenvalue weighted by atomic mass is 10.0. The van der Waals surface area contributed by atoms with Gasteiger partial charge in [-0.15, -0.1) is 0 Å². The number of pyridine rings is 1. The summed E-state index contributed by atoms with van der Waals surface area (Å²) in [6.45, 7) is 4.88. The Hall–Kier alpha value is -3.71. The number of benzene rings is 2. The van der Waals surface area contributed by atoms with Crippen molar-refractivity contribution in [3.63, 3.8) is 0 Å². The molecule has 0 aliphatic carbocycles. The molecule has 1 aromatic heterocycles. The van der Waals surface area contributed by atoms with Gasteiger partial charge in [0.15, 0.2) is 0 Å². The van der Waals surface area contributed by atoms with E-state index in [0.29, 0.717) is 31.7 Å². The Bertz CT molecular complexity index is 1100. The van der Waals surface area contributed by atoms with Crippen LogP contribution in [-0.4, -0.2) is 52.3 Å². The van der Waals surface area contributed by atoms with Crippen LogP contribution in [-0.2, 0) is 17.9 Å². The van der Waals surface area contributed by atoms with Gasteiger partial charge in [-0.2, -0.15) is 0 Å². The van der Waals surface area contributed by atoms with E-state index in [4.69, 9.17) is 5.73 Å². The predicted octanol–water partition coefficient (Wildman–Crippen LogP) is 2.81. The van der Waals surface area contributed by atoms with E-state index < -0.39 is 11.9 Å². The summed E-state index contributed by atoms with van der Waals surface area (Å²) in [5.74, 6) is -0.661. The lowest BCUT2D eigenvalue weighted by molar-refractivity contribution is -0.124. The van der Waals surface area contributed by atoms with E-state index in [1.807, 2.05) is 55.6 Å². The summed E-state index contributed by atoms with van der Waals surface area (Å²) in [6.07, 6.45) is 3.55. The van der Waals surface area contributed by atoms with Crippen molar-refractivity contribution in [2.75, 3.05) is 25.0 Å². The molecule has 0 spiro atoms. The molecule has 1 aliphatic rings. The molecule has 0 bridgehead atoms. The zero-order valence-corrected chi connectivity index (χ0v) is 18.8. The molecule has 1 unspecified atom stereocenters. The van der Waals surface area contributed by atoms with Crippen LogP contribution in [0.25, 0.3) is 0 Å². The molecule has 1 atom stereocenters. The molecular weight excluding hydrogens is 414 g/mol. The number of carbonyl (C=O) groups is 2. The zero-order valence-electron chi connectivity index (χ0n) is 18.8. The fraction of sp³-hybridized carbons (Fsp3) is 0.269. The van der Waals surface area contributed by atoms with Crippen molar-refractivity contribution in [3.05, 3.63) is 95.3 Å². The van der Waals surface area contributed by atoms with Crippen LogP contribution in [0.1, 0.15) is 27.0 Å². The van der Waals surface area contributed by atoms with Gasteiger partial charge in [0.2, 0.25) is 5.91 Å². The number of nitrogens with one attached hydrogen (secondary N) is 1. The van der Waals surface area contributed by atoms with Crippen molar-refractivity contribution in [1.82, 2.24) is 14.8 Å². The molecule has 2 aromatic carbocycles. The Morgan fingerprint density at radius 3 is 2.58 bits per heavy atom. The second-order valence-electron chi connectivity index (χ2n) is 8.38. The van der Waals surface area contributed by atoms with Crippen LogP contribution < -0.4 is 11.1 Å². The van der Waals surface area contributed by atoms with Crippen LogP contribution in [0.15, 0.2) is 73.1 Å².